The lowest BCUT2D eigenvalue weighted by atomic mass is 9.98. The van der Waals surface area contributed by atoms with Crippen molar-refractivity contribution in [1.29, 1.82) is 0 Å². The van der Waals surface area contributed by atoms with Crippen LogP contribution in [-0.4, -0.2) is 34.8 Å². The Hall–Kier alpha value is -3.15. The average Bonchev–Trinajstić information content (AvgIpc) is 3.32. The molecule has 1 aliphatic carbocycles. The van der Waals surface area contributed by atoms with E-state index in [4.69, 9.17) is 0 Å². The molecule has 0 spiro atoms. The number of carbonyl (C=O) groups is 3. The lowest BCUT2D eigenvalue weighted by Crippen LogP contribution is -2.62. The number of nitrogens with one attached hydrogen (secondary N) is 1. The highest BCUT2D eigenvalue weighted by atomic mass is 16.2. The van der Waals surface area contributed by atoms with Gasteiger partial charge in [-0.15, -0.1) is 0 Å². The molecule has 6 nitrogen and oxygen atoms in total. The van der Waals surface area contributed by atoms with Crippen LogP contribution >= 0.6 is 0 Å². The van der Waals surface area contributed by atoms with Crippen molar-refractivity contribution >= 4 is 29.1 Å². The number of fused-ring (bicyclic) bond motifs is 4. The largest absolute Gasteiger partial charge is 0.326 e. The molecule has 154 valence electrons. The lowest BCUT2D eigenvalue weighted by molar-refractivity contribution is -0.117. The van der Waals surface area contributed by atoms with Gasteiger partial charge in [-0.3, -0.25) is 19.3 Å². The summed E-state index contributed by atoms with van der Waals surface area (Å²) in [6, 6.07) is 13.3. The second-order valence-corrected chi connectivity index (χ2v) is 8.56. The van der Waals surface area contributed by atoms with Crippen molar-refractivity contribution in [3.8, 4) is 0 Å². The van der Waals surface area contributed by atoms with Crippen LogP contribution in [0.15, 0.2) is 42.5 Å². The van der Waals surface area contributed by atoms with Crippen LogP contribution in [0.3, 0.4) is 0 Å². The molecule has 1 N–H and O–H groups in total. The highest BCUT2D eigenvalue weighted by Crippen LogP contribution is 2.44. The second-order valence-electron chi connectivity index (χ2n) is 8.56. The van der Waals surface area contributed by atoms with E-state index >= 15 is 0 Å². The predicted molar refractivity (Wildman–Crippen MR) is 114 cm³/mol. The van der Waals surface area contributed by atoms with Crippen molar-refractivity contribution in [2.75, 3.05) is 16.8 Å². The van der Waals surface area contributed by atoms with Crippen molar-refractivity contribution in [1.82, 2.24) is 4.90 Å². The van der Waals surface area contributed by atoms with E-state index < -0.39 is 5.66 Å². The number of rotatable bonds is 4. The maximum Gasteiger partial charge on any atom is 0.257 e. The molecule has 2 aliphatic heterocycles. The molecule has 2 heterocycles. The number of para-hydroxylation sites is 1. The Morgan fingerprint density at radius 3 is 2.73 bits per heavy atom. The zero-order chi connectivity index (χ0) is 20.9. The highest BCUT2D eigenvalue weighted by molar-refractivity contribution is 6.10. The molecule has 6 heteroatoms. The first-order valence-electron chi connectivity index (χ1n) is 10.6. The van der Waals surface area contributed by atoms with Gasteiger partial charge in [0.05, 0.1) is 11.3 Å². The molecule has 30 heavy (non-hydrogen) atoms. The summed E-state index contributed by atoms with van der Waals surface area (Å²) in [5, 5.41) is 2.97. The van der Waals surface area contributed by atoms with Gasteiger partial charge in [0.25, 0.3) is 5.91 Å². The minimum absolute atomic E-state index is 0.0186. The number of nitrogens with zero attached hydrogens (tertiary/aromatic N) is 2. The van der Waals surface area contributed by atoms with Crippen LogP contribution in [0.5, 0.6) is 0 Å². The average molecular weight is 403 g/mol. The minimum atomic E-state index is -0.726. The third kappa shape index (κ3) is 2.90. The van der Waals surface area contributed by atoms with E-state index in [2.05, 4.69) is 17.4 Å². The summed E-state index contributed by atoms with van der Waals surface area (Å²) in [6.45, 7) is 2.19. The van der Waals surface area contributed by atoms with E-state index in [1.54, 1.807) is 21.9 Å². The second kappa shape index (κ2) is 6.97. The van der Waals surface area contributed by atoms with Crippen molar-refractivity contribution in [3.05, 3.63) is 59.2 Å². The Balaban J connectivity index is 1.33. The van der Waals surface area contributed by atoms with E-state index in [1.807, 2.05) is 25.1 Å². The van der Waals surface area contributed by atoms with E-state index in [0.29, 0.717) is 24.1 Å². The molecule has 0 saturated carbocycles. The minimum Gasteiger partial charge on any atom is -0.326 e. The summed E-state index contributed by atoms with van der Waals surface area (Å²) in [5.74, 6) is -0.228. The van der Waals surface area contributed by atoms with Crippen LogP contribution < -0.4 is 10.2 Å². The molecule has 3 aliphatic rings. The molecule has 0 unspecified atom stereocenters. The standard InChI is InChI=1S/C24H25N3O3/c1-24-13-11-22(29)27(24)20-8-3-2-7-19(20)23(30)26(24)14-12-21(28)25-18-10-9-16-5-4-6-17(16)15-18/h2-3,7-10,15H,4-6,11-14H2,1H3,(H,25,28)/t24-/m0/s1. The fourth-order valence-electron chi connectivity index (χ4n) is 5.13. The highest BCUT2D eigenvalue weighted by Gasteiger charge is 2.52. The normalized spacial score (nSPS) is 22.0. The monoisotopic (exact) mass is 403 g/mol. The third-order valence-corrected chi connectivity index (χ3v) is 6.69. The van der Waals surface area contributed by atoms with Gasteiger partial charge in [-0.05, 0) is 68.0 Å². The van der Waals surface area contributed by atoms with Gasteiger partial charge >= 0.3 is 0 Å². The van der Waals surface area contributed by atoms with Crippen LogP contribution in [-0.2, 0) is 22.4 Å². The molecular weight excluding hydrogens is 378 g/mol. The molecule has 0 aromatic heterocycles. The van der Waals surface area contributed by atoms with Crippen molar-refractivity contribution < 1.29 is 14.4 Å². The molecule has 1 fully saturated rings. The molecule has 3 amide bonds. The number of amides is 3. The zero-order valence-electron chi connectivity index (χ0n) is 17.1. The van der Waals surface area contributed by atoms with Gasteiger partial charge in [0, 0.05) is 25.1 Å². The molecule has 1 atom stereocenters. The van der Waals surface area contributed by atoms with Crippen LogP contribution in [0, 0.1) is 0 Å². The first-order chi connectivity index (χ1) is 14.5. The maximum absolute atomic E-state index is 13.2. The summed E-state index contributed by atoms with van der Waals surface area (Å²) in [4.78, 5) is 41.9. The molecule has 2 aromatic rings. The van der Waals surface area contributed by atoms with Gasteiger partial charge < -0.3 is 10.2 Å². The topological polar surface area (TPSA) is 69.7 Å². The van der Waals surface area contributed by atoms with Crippen LogP contribution in [0.2, 0.25) is 0 Å². The van der Waals surface area contributed by atoms with E-state index in [9.17, 15) is 14.4 Å². The van der Waals surface area contributed by atoms with Crippen LogP contribution in [0.4, 0.5) is 11.4 Å². The van der Waals surface area contributed by atoms with Crippen LogP contribution in [0.1, 0.15) is 54.1 Å². The summed E-state index contributed by atoms with van der Waals surface area (Å²) in [5.41, 5.74) is 3.94. The van der Waals surface area contributed by atoms with Gasteiger partial charge in [-0.25, -0.2) is 0 Å². The van der Waals surface area contributed by atoms with Crippen LogP contribution in [0.25, 0.3) is 0 Å². The number of benzene rings is 2. The van der Waals surface area contributed by atoms with Gasteiger partial charge in [0.1, 0.15) is 5.66 Å². The van der Waals surface area contributed by atoms with Gasteiger partial charge in [0.2, 0.25) is 11.8 Å². The Morgan fingerprint density at radius 1 is 1.07 bits per heavy atom. The van der Waals surface area contributed by atoms with Crippen molar-refractivity contribution in [2.24, 2.45) is 0 Å². The van der Waals surface area contributed by atoms with Crippen molar-refractivity contribution in [3.63, 3.8) is 0 Å². The summed E-state index contributed by atoms with van der Waals surface area (Å²) in [7, 11) is 0. The van der Waals surface area contributed by atoms with E-state index in [-0.39, 0.29) is 30.7 Å². The fraction of sp³-hybridized carbons (Fsp3) is 0.375. The molecule has 2 aromatic carbocycles. The number of anilines is 2. The third-order valence-electron chi connectivity index (χ3n) is 6.69. The summed E-state index contributed by atoms with van der Waals surface area (Å²) >= 11 is 0. The fourth-order valence-corrected chi connectivity index (χ4v) is 5.13. The smallest absolute Gasteiger partial charge is 0.257 e. The molecular formula is C24H25N3O3. The van der Waals surface area contributed by atoms with E-state index in [1.165, 1.54) is 17.5 Å². The predicted octanol–water partition coefficient (Wildman–Crippen LogP) is 3.50. The van der Waals surface area contributed by atoms with Crippen molar-refractivity contribution in [2.45, 2.75) is 51.1 Å². The van der Waals surface area contributed by atoms with Gasteiger partial charge in [-0.1, -0.05) is 18.2 Å². The Bertz CT molecular complexity index is 1060. The number of carbonyl (C=O) groups excluding carboxylic acids is 3. The summed E-state index contributed by atoms with van der Waals surface area (Å²) in [6.07, 6.45) is 4.48. The zero-order valence-corrected chi connectivity index (χ0v) is 17.1. The quantitative estimate of drug-likeness (QED) is 0.849. The van der Waals surface area contributed by atoms with E-state index in [0.717, 1.165) is 18.5 Å². The molecule has 5 rings (SSSR count). The first-order valence-corrected chi connectivity index (χ1v) is 10.6. The molecule has 0 radical (unpaired) electrons. The number of hydrogen-bond acceptors (Lipinski definition) is 3. The first kappa shape index (κ1) is 18.9. The maximum atomic E-state index is 13.2. The Labute approximate surface area is 175 Å². The molecule has 0 bridgehead atoms. The lowest BCUT2D eigenvalue weighted by Gasteiger charge is -2.48. The Kier molecular flexibility index (Phi) is 4.38. The Morgan fingerprint density at radius 2 is 1.87 bits per heavy atom. The number of hydrogen-bond donors (Lipinski definition) is 1. The number of aryl methyl sites for hydroxylation is 2. The summed E-state index contributed by atoms with van der Waals surface area (Å²) < 4.78 is 0. The molecule has 1 saturated heterocycles. The SMILES string of the molecule is C[C@@]12CCC(=O)N1c1ccccc1C(=O)N2CCC(=O)Nc1ccc2c(c1)CCC2. The van der Waals surface area contributed by atoms with Gasteiger partial charge in [0.15, 0.2) is 0 Å². The van der Waals surface area contributed by atoms with Gasteiger partial charge in [-0.2, -0.15) is 0 Å².